The van der Waals surface area contributed by atoms with E-state index in [1.165, 1.54) is 0 Å². The summed E-state index contributed by atoms with van der Waals surface area (Å²) in [5, 5.41) is 0. The molecular weight excluding hydrogens is 220 g/mol. The van der Waals surface area contributed by atoms with Crippen LogP contribution >= 0.6 is 0 Å². The van der Waals surface area contributed by atoms with Gasteiger partial charge in [0, 0.05) is 12.1 Å². The van der Waals surface area contributed by atoms with Gasteiger partial charge in [-0.25, -0.2) is 0 Å². The van der Waals surface area contributed by atoms with Gasteiger partial charge in [-0.1, -0.05) is 0 Å². The first kappa shape index (κ1) is 12.0. The molecule has 0 saturated carbocycles. The molecule has 0 bridgehead atoms. The Morgan fingerprint density at radius 2 is 1.47 bits per heavy atom. The molecule has 0 N–H and O–H groups in total. The topological polar surface area (TPSA) is 40.2 Å². The molecule has 1 atom stereocenters. The molecule has 17 heavy (non-hydrogen) atoms. The van der Waals surface area contributed by atoms with Gasteiger partial charge in [-0.2, -0.15) is 0 Å². The van der Waals surface area contributed by atoms with Crippen LogP contribution in [0.25, 0.3) is 0 Å². The van der Waals surface area contributed by atoms with Crippen LogP contribution in [0.4, 0.5) is 0 Å². The molecular formula is C13H18O4. The summed E-state index contributed by atoms with van der Waals surface area (Å²) in [6.07, 6.45) is 0.0123. The molecule has 4 nitrogen and oxygen atoms in total. The highest BCUT2D eigenvalue weighted by molar-refractivity contribution is 5.54. The van der Waals surface area contributed by atoms with Gasteiger partial charge in [0.15, 0.2) is 0 Å². The third-order valence-electron chi connectivity index (χ3n) is 3.01. The lowest BCUT2D eigenvalue weighted by Crippen LogP contribution is -2.02. The van der Waals surface area contributed by atoms with Crippen molar-refractivity contribution in [2.24, 2.45) is 0 Å². The normalized spacial score (nSPS) is 20.9. The smallest absolute Gasteiger partial charge is 0.132 e. The quantitative estimate of drug-likeness (QED) is 0.756. The van der Waals surface area contributed by atoms with Crippen molar-refractivity contribution in [1.82, 2.24) is 0 Å². The van der Waals surface area contributed by atoms with Gasteiger partial charge in [0.1, 0.15) is 23.4 Å². The fraction of sp³-hybridized carbons (Fsp3) is 0.538. The lowest BCUT2D eigenvalue weighted by Gasteiger charge is -2.14. The van der Waals surface area contributed by atoms with Gasteiger partial charge in [0.25, 0.3) is 0 Å². The first-order valence-corrected chi connectivity index (χ1v) is 5.51. The Morgan fingerprint density at radius 3 is 1.76 bits per heavy atom. The molecule has 0 radical (unpaired) electrons. The zero-order valence-electron chi connectivity index (χ0n) is 10.9. The van der Waals surface area contributed by atoms with Gasteiger partial charge in [-0.3, -0.25) is 0 Å². The van der Waals surface area contributed by atoms with Crippen LogP contribution < -0.4 is 14.2 Å². The molecule has 1 unspecified atom stereocenters. The zero-order valence-corrected chi connectivity index (χ0v) is 10.9. The van der Waals surface area contributed by atoms with E-state index in [0.29, 0.717) is 5.75 Å². The van der Waals surface area contributed by atoms with E-state index >= 15 is 0 Å². The molecule has 1 fully saturated rings. The van der Waals surface area contributed by atoms with E-state index in [9.17, 15) is 0 Å². The summed E-state index contributed by atoms with van der Waals surface area (Å²) in [6.45, 7) is 4.08. The van der Waals surface area contributed by atoms with Gasteiger partial charge in [0.05, 0.1) is 32.5 Å². The van der Waals surface area contributed by atoms with Gasteiger partial charge >= 0.3 is 0 Å². The first-order chi connectivity index (χ1) is 8.03. The number of benzene rings is 1. The summed E-state index contributed by atoms with van der Waals surface area (Å²) >= 11 is 0. The maximum Gasteiger partial charge on any atom is 0.132 e. The van der Waals surface area contributed by atoms with E-state index in [1.807, 2.05) is 26.0 Å². The van der Waals surface area contributed by atoms with Crippen LogP contribution in [0.1, 0.15) is 25.5 Å². The molecule has 1 aliphatic rings. The Labute approximate surface area is 101 Å². The predicted octanol–water partition coefficient (Wildman–Crippen LogP) is 2.56. The van der Waals surface area contributed by atoms with Gasteiger partial charge in [-0.15, -0.1) is 0 Å². The van der Waals surface area contributed by atoms with Crippen molar-refractivity contribution in [3.8, 4) is 17.2 Å². The van der Waals surface area contributed by atoms with Crippen LogP contribution in [0.15, 0.2) is 12.1 Å². The van der Waals surface area contributed by atoms with E-state index in [0.717, 1.165) is 17.1 Å². The average molecular weight is 238 g/mol. The van der Waals surface area contributed by atoms with Crippen LogP contribution in [-0.2, 0) is 4.74 Å². The largest absolute Gasteiger partial charge is 0.496 e. The van der Waals surface area contributed by atoms with E-state index in [1.54, 1.807) is 21.3 Å². The average Bonchev–Trinajstić information content (AvgIpc) is 2.95. The monoisotopic (exact) mass is 238 g/mol. The van der Waals surface area contributed by atoms with E-state index < -0.39 is 0 Å². The Balaban J connectivity index is 2.48. The molecule has 2 rings (SSSR count). The summed E-state index contributed by atoms with van der Waals surface area (Å²) in [4.78, 5) is 0. The summed E-state index contributed by atoms with van der Waals surface area (Å²) < 4.78 is 21.6. The number of hydrogen-bond acceptors (Lipinski definition) is 4. The molecule has 1 aromatic carbocycles. The molecule has 1 aliphatic heterocycles. The highest BCUT2D eigenvalue weighted by atomic mass is 16.6. The summed E-state index contributed by atoms with van der Waals surface area (Å²) in [6, 6.07) is 3.69. The predicted molar refractivity (Wildman–Crippen MR) is 64.0 cm³/mol. The summed E-state index contributed by atoms with van der Waals surface area (Å²) in [5.41, 5.74) is 0.788. The van der Waals surface area contributed by atoms with Crippen molar-refractivity contribution in [3.05, 3.63) is 17.7 Å². The van der Waals surface area contributed by atoms with Crippen LogP contribution in [0.2, 0.25) is 0 Å². The van der Waals surface area contributed by atoms with Crippen LogP contribution in [0, 0.1) is 0 Å². The van der Waals surface area contributed by atoms with E-state index in [-0.39, 0.29) is 11.7 Å². The molecule has 0 aromatic heterocycles. The number of rotatable bonds is 4. The van der Waals surface area contributed by atoms with Crippen LogP contribution in [-0.4, -0.2) is 26.9 Å². The van der Waals surface area contributed by atoms with Crippen LogP contribution in [0.3, 0.4) is 0 Å². The second-order valence-corrected chi connectivity index (χ2v) is 4.55. The summed E-state index contributed by atoms with van der Waals surface area (Å²) in [7, 11) is 4.88. The Kier molecular flexibility index (Phi) is 2.91. The minimum Gasteiger partial charge on any atom is -0.496 e. The fourth-order valence-corrected chi connectivity index (χ4v) is 1.97. The molecule has 0 amide bonds. The molecule has 0 spiro atoms. The van der Waals surface area contributed by atoms with Crippen molar-refractivity contribution in [3.63, 3.8) is 0 Å². The van der Waals surface area contributed by atoms with Crippen molar-refractivity contribution in [2.75, 3.05) is 21.3 Å². The molecule has 0 aliphatic carbocycles. The maximum atomic E-state index is 5.65. The second kappa shape index (κ2) is 4.11. The van der Waals surface area contributed by atoms with Crippen molar-refractivity contribution in [2.45, 2.75) is 25.6 Å². The van der Waals surface area contributed by atoms with Crippen molar-refractivity contribution in [1.29, 1.82) is 0 Å². The number of methoxy groups -OCH3 is 3. The van der Waals surface area contributed by atoms with Crippen molar-refractivity contribution < 1.29 is 18.9 Å². The zero-order chi connectivity index (χ0) is 12.6. The third-order valence-corrected chi connectivity index (χ3v) is 3.01. The molecule has 1 heterocycles. The van der Waals surface area contributed by atoms with Gasteiger partial charge in [0.2, 0.25) is 0 Å². The number of epoxide rings is 1. The molecule has 1 aromatic rings. The van der Waals surface area contributed by atoms with Crippen LogP contribution in [0.5, 0.6) is 17.2 Å². The van der Waals surface area contributed by atoms with E-state index in [4.69, 9.17) is 18.9 Å². The maximum absolute atomic E-state index is 5.65. The molecule has 1 saturated heterocycles. The Hall–Kier alpha value is -1.42. The Bertz CT molecular complexity index is 400. The molecule has 4 heteroatoms. The van der Waals surface area contributed by atoms with E-state index in [2.05, 4.69) is 0 Å². The second-order valence-electron chi connectivity index (χ2n) is 4.55. The highest BCUT2D eigenvalue weighted by Gasteiger charge is 2.51. The minimum absolute atomic E-state index is 0.0123. The lowest BCUT2D eigenvalue weighted by molar-refractivity contribution is 0.316. The SMILES string of the molecule is COc1cc(OC)c(C2OC2(C)C)c(OC)c1. The fourth-order valence-electron chi connectivity index (χ4n) is 1.97. The summed E-state index contributed by atoms with van der Waals surface area (Å²) in [5.74, 6) is 2.18. The lowest BCUT2D eigenvalue weighted by atomic mass is 10.0. The Morgan fingerprint density at radius 1 is 1.00 bits per heavy atom. The first-order valence-electron chi connectivity index (χ1n) is 5.51. The third kappa shape index (κ3) is 2.05. The minimum atomic E-state index is -0.158. The molecule has 94 valence electrons. The highest BCUT2D eigenvalue weighted by Crippen LogP contribution is 2.55. The standard InChI is InChI=1S/C13H18O4/c1-13(2)12(17-13)11-9(15-4)6-8(14-3)7-10(11)16-5/h6-7,12H,1-5H3. The van der Waals surface area contributed by atoms with Crippen molar-refractivity contribution >= 4 is 0 Å². The number of hydrogen-bond donors (Lipinski definition) is 0. The number of ether oxygens (including phenoxy) is 4. The van der Waals surface area contributed by atoms with Gasteiger partial charge < -0.3 is 18.9 Å². The van der Waals surface area contributed by atoms with Gasteiger partial charge in [-0.05, 0) is 13.8 Å².